The number of nitrogens with zero attached hydrogens (tertiary/aromatic N) is 4. The average Bonchev–Trinajstić information content (AvgIpc) is 2.63. The first-order chi connectivity index (χ1) is 8.11. The highest BCUT2D eigenvalue weighted by molar-refractivity contribution is 5.66. The van der Waals surface area contributed by atoms with Gasteiger partial charge in [-0.1, -0.05) is 0 Å². The normalized spacial score (nSPS) is 15.3. The molecule has 6 heteroatoms. The molecule has 1 aliphatic rings. The van der Waals surface area contributed by atoms with Gasteiger partial charge < -0.3 is 10.0 Å². The maximum absolute atomic E-state index is 10.6. The van der Waals surface area contributed by atoms with E-state index in [1.807, 2.05) is 7.05 Å². The SMILES string of the molecule is CN1CCc2c(c(C#N)nn2CCC(=O)O)C1. The molecule has 0 atom stereocenters. The van der Waals surface area contributed by atoms with E-state index in [9.17, 15) is 4.79 Å². The second-order valence-electron chi connectivity index (χ2n) is 4.24. The smallest absolute Gasteiger partial charge is 0.305 e. The molecule has 0 aromatic carbocycles. The lowest BCUT2D eigenvalue weighted by Crippen LogP contribution is -2.27. The van der Waals surface area contributed by atoms with Gasteiger partial charge in [-0.15, -0.1) is 0 Å². The molecule has 6 nitrogen and oxygen atoms in total. The first kappa shape index (κ1) is 11.6. The van der Waals surface area contributed by atoms with Crippen LogP contribution in [-0.2, 0) is 24.3 Å². The molecule has 1 aromatic heterocycles. The van der Waals surface area contributed by atoms with Gasteiger partial charge in [0, 0.05) is 30.8 Å². The highest BCUT2D eigenvalue weighted by atomic mass is 16.4. The van der Waals surface area contributed by atoms with Crippen LogP contribution in [0.15, 0.2) is 0 Å². The number of fused-ring (bicyclic) bond motifs is 1. The van der Waals surface area contributed by atoms with Gasteiger partial charge in [-0.05, 0) is 7.05 Å². The lowest BCUT2D eigenvalue weighted by Gasteiger charge is -2.22. The van der Waals surface area contributed by atoms with E-state index in [1.54, 1.807) is 4.68 Å². The van der Waals surface area contributed by atoms with Gasteiger partial charge in [-0.3, -0.25) is 9.48 Å². The van der Waals surface area contributed by atoms with Crippen LogP contribution in [0.1, 0.15) is 23.4 Å². The molecule has 1 aliphatic heterocycles. The second-order valence-corrected chi connectivity index (χ2v) is 4.24. The van der Waals surface area contributed by atoms with E-state index in [4.69, 9.17) is 10.4 Å². The first-order valence-corrected chi connectivity index (χ1v) is 5.51. The third-order valence-corrected chi connectivity index (χ3v) is 2.97. The van der Waals surface area contributed by atoms with Crippen LogP contribution < -0.4 is 0 Å². The zero-order chi connectivity index (χ0) is 12.4. The van der Waals surface area contributed by atoms with E-state index < -0.39 is 5.97 Å². The first-order valence-electron chi connectivity index (χ1n) is 5.51. The fourth-order valence-electron chi connectivity index (χ4n) is 2.10. The molecule has 17 heavy (non-hydrogen) atoms. The lowest BCUT2D eigenvalue weighted by molar-refractivity contribution is -0.137. The summed E-state index contributed by atoms with van der Waals surface area (Å²) in [5, 5.41) is 21.9. The van der Waals surface area contributed by atoms with Gasteiger partial charge >= 0.3 is 5.97 Å². The largest absolute Gasteiger partial charge is 0.481 e. The summed E-state index contributed by atoms with van der Waals surface area (Å²) in [5.41, 5.74) is 2.39. The fourth-order valence-corrected chi connectivity index (χ4v) is 2.10. The van der Waals surface area contributed by atoms with E-state index in [1.165, 1.54) is 0 Å². The minimum absolute atomic E-state index is 0.0365. The Balaban J connectivity index is 2.29. The number of aryl methyl sites for hydroxylation is 1. The molecule has 90 valence electrons. The Labute approximate surface area is 99.1 Å². The van der Waals surface area contributed by atoms with Gasteiger partial charge in [0.15, 0.2) is 5.69 Å². The maximum Gasteiger partial charge on any atom is 0.305 e. The highest BCUT2D eigenvalue weighted by Gasteiger charge is 2.23. The second kappa shape index (κ2) is 4.55. The van der Waals surface area contributed by atoms with Crippen molar-refractivity contribution < 1.29 is 9.90 Å². The topological polar surface area (TPSA) is 82.2 Å². The number of carboxylic acid groups (broad SMARTS) is 1. The van der Waals surface area contributed by atoms with Gasteiger partial charge in [-0.25, -0.2) is 0 Å². The minimum atomic E-state index is -0.847. The zero-order valence-electron chi connectivity index (χ0n) is 9.68. The summed E-state index contributed by atoms with van der Waals surface area (Å²) in [6.07, 6.45) is 0.856. The molecule has 0 bridgehead atoms. The number of rotatable bonds is 3. The van der Waals surface area contributed by atoms with E-state index >= 15 is 0 Å². The van der Waals surface area contributed by atoms with Crippen molar-refractivity contribution in [3.05, 3.63) is 17.0 Å². The molecule has 0 aliphatic carbocycles. The molecule has 0 spiro atoms. The molecule has 2 heterocycles. The van der Waals surface area contributed by atoms with Crippen molar-refractivity contribution in [3.63, 3.8) is 0 Å². The van der Waals surface area contributed by atoms with Crippen molar-refractivity contribution in [2.24, 2.45) is 0 Å². The molecular weight excluding hydrogens is 220 g/mol. The van der Waals surface area contributed by atoms with Gasteiger partial charge in [0.05, 0.1) is 13.0 Å². The molecule has 0 saturated carbocycles. The van der Waals surface area contributed by atoms with Crippen molar-refractivity contribution in [2.75, 3.05) is 13.6 Å². The number of hydrogen-bond donors (Lipinski definition) is 1. The van der Waals surface area contributed by atoms with Crippen LogP contribution >= 0.6 is 0 Å². The number of nitriles is 1. The summed E-state index contributed by atoms with van der Waals surface area (Å²) in [5.74, 6) is -0.847. The summed E-state index contributed by atoms with van der Waals surface area (Å²) in [6.45, 7) is 1.96. The third kappa shape index (κ3) is 2.29. The van der Waals surface area contributed by atoms with E-state index in [-0.39, 0.29) is 6.42 Å². The molecule has 1 aromatic rings. The van der Waals surface area contributed by atoms with Crippen molar-refractivity contribution in [3.8, 4) is 6.07 Å². The zero-order valence-corrected chi connectivity index (χ0v) is 9.68. The predicted octanol–water partition coefficient (Wildman–Crippen LogP) is 0.217. The fraction of sp³-hybridized carbons (Fsp3) is 0.545. The molecule has 0 amide bonds. The van der Waals surface area contributed by atoms with Crippen LogP contribution in [-0.4, -0.2) is 39.3 Å². The van der Waals surface area contributed by atoms with Gasteiger partial charge in [0.25, 0.3) is 0 Å². The third-order valence-electron chi connectivity index (χ3n) is 2.97. The Morgan fingerprint density at radius 2 is 2.41 bits per heavy atom. The van der Waals surface area contributed by atoms with Crippen molar-refractivity contribution in [2.45, 2.75) is 25.9 Å². The molecule has 2 rings (SSSR count). The lowest BCUT2D eigenvalue weighted by atomic mass is 10.1. The van der Waals surface area contributed by atoms with Gasteiger partial charge in [0.2, 0.25) is 0 Å². The summed E-state index contributed by atoms with van der Waals surface area (Å²) in [6, 6.07) is 2.08. The quantitative estimate of drug-likeness (QED) is 0.808. The molecular formula is C11H14N4O2. The minimum Gasteiger partial charge on any atom is -0.481 e. The number of hydrogen-bond acceptors (Lipinski definition) is 4. The van der Waals surface area contributed by atoms with E-state index in [0.717, 1.165) is 24.2 Å². The molecule has 1 N–H and O–H groups in total. The number of likely N-dealkylation sites (N-methyl/N-ethyl adjacent to an activating group) is 1. The number of aliphatic carboxylic acids is 1. The molecule has 0 saturated heterocycles. The predicted molar refractivity (Wildman–Crippen MR) is 59.2 cm³/mol. The summed E-state index contributed by atoms with van der Waals surface area (Å²) in [7, 11) is 2.00. The van der Waals surface area contributed by atoms with Gasteiger partial charge in [-0.2, -0.15) is 10.4 Å². The molecule has 0 unspecified atom stereocenters. The van der Waals surface area contributed by atoms with Crippen LogP contribution in [0.5, 0.6) is 0 Å². The summed E-state index contributed by atoms with van der Waals surface area (Å²) < 4.78 is 1.68. The number of aromatic nitrogens is 2. The Bertz CT molecular complexity index is 486. The van der Waals surface area contributed by atoms with Crippen molar-refractivity contribution >= 4 is 5.97 Å². The summed E-state index contributed by atoms with van der Waals surface area (Å²) >= 11 is 0. The van der Waals surface area contributed by atoms with E-state index in [0.29, 0.717) is 18.8 Å². The Morgan fingerprint density at radius 3 is 3.06 bits per heavy atom. The van der Waals surface area contributed by atoms with Gasteiger partial charge in [0.1, 0.15) is 6.07 Å². The Morgan fingerprint density at radius 1 is 1.65 bits per heavy atom. The van der Waals surface area contributed by atoms with Crippen LogP contribution in [0.25, 0.3) is 0 Å². The van der Waals surface area contributed by atoms with Crippen molar-refractivity contribution in [1.82, 2.24) is 14.7 Å². The molecule has 0 fully saturated rings. The van der Waals surface area contributed by atoms with Crippen LogP contribution in [0, 0.1) is 11.3 Å². The monoisotopic (exact) mass is 234 g/mol. The standard InChI is InChI=1S/C11H14N4O2/c1-14-4-2-10-8(7-14)9(6-12)13-15(10)5-3-11(16)17/h2-5,7H2,1H3,(H,16,17). The van der Waals surface area contributed by atoms with Crippen LogP contribution in [0.3, 0.4) is 0 Å². The van der Waals surface area contributed by atoms with Crippen LogP contribution in [0.4, 0.5) is 0 Å². The molecule has 0 radical (unpaired) electrons. The number of carboxylic acids is 1. The maximum atomic E-state index is 10.6. The average molecular weight is 234 g/mol. The number of carbonyl (C=O) groups is 1. The van der Waals surface area contributed by atoms with Crippen molar-refractivity contribution in [1.29, 1.82) is 5.26 Å². The Hall–Kier alpha value is -1.87. The van der Waals surface area contributed by atoms with E-state index in [2.05, 4.69) is 16.1 Å². The van der Waals surface area contributed by atoms with Crippen LogP contribution in [0.2, 0.25) is 0 Å². The summed E-state index contributed by atoms with van der Waals surface area (Å²) in [4.78, 5) is 12.7. The Kier molecular flexibility index (Phi) is 3.11. The highest BCUT2D eigenvalue weighted by Crippen LogP contribution is 2.21.